The number of hydrogen-bond donors (Lipinski definition) is 1. The molecule has 0 aliphatic rings. The van der Waals surface area contributed by atoms with Gasteiger partial charge in [0.2, 0.25) is 0 Å². The number of ether oxygens (including phenoxy) is 1. The van der Waals surface area contributed by atoms with Gasteiger partial charge >= 0.3 is 0 Å². The lowest BCUT2D eigenvalue weighted by Crippen LogP contribution is -2.00. The fourth-order valence-electron chi connectivity index (χ4n) is 1.67. The first kappa shape index (κ1) is 12.0. The molecule has 0 spiro atoms. The van der Waals surface area contributed by atoms with Crippen LogP contribution in [0, 0.1) is 18.3 Å². The molecule has 3 heteroatoms. The van der Waals surface area contributed by atoms with Gasteiger partial charge in [0, 0.05) is 0 Å². The quantitative estimate of drug-likeness (QED) is 0.836. The summed E-state index contributed by atoms with van der Waals surface area (Å²) in [5.41, 5.74) is 9.17. The van der Waals surface area contributed by atoms with Crippen LogP contribution in [0.1, 0.15) is 16.7 Å². The predicted molar refractivity (Wildman–Crippen MR) is 71.1 cm³/mol. The minimum Gasteiger partial charge on any atom is -0.487 e. The molecule has 0 bridgehead atoms. The van der Waals surface area contributed by atoms with Crippen LogP contribution in [-0.4, -0.2) is 0 Å². The van der Waals surface area contributed by atoms with Gasteiger partial charge in [0.1, 0.15) is 12.4 Å². The monoisotopic (exact) mass is 238 g/mol. The summed E-state index contributed by atoms with van der Waals surface area (Å²) in [4.78, 5) is 0. The van der Waals surface area contributed by atoms with Crippen LogP contribution in [0.3, 0.4) is 0 Å². The highest BCUT2D eigenvalue weighted by atomic mass is 16.5. The van der Waals surface area contributed by atoms with Crippen LogP contribution >= 0.6 is 0 Å². The Morgan fingerprint density at radius 2 is 2.00 bits per heavy atom. The third-order valence-electron chi connectivity index (χ3n) is 2.73. The second-order valence-electron chi connectivity index (χ2n) is 4.09. The van der Waals surface area contributed by atoms with Gasteiger partial charge in [-0.15, -0.1) is 0 Å². The maximum atomic E-state index is 8.82. The minimum absolute atomic E-state index is 0.406. The summed E-state index contributed by atoms with van der Waals surface area (Å²) in [6.45, 7) is 2.35. The summed E-state index contributed by atoms with van der Waals surface area (Å²) in [5, 5.41) is 8.82. The van der Waals surface area contributed by atoms with Crippen molar-refractivity contribution in [3.05, 3.63) is 59.2 Å². The Kier molecular flexibility index (Phi) is 3.49. The average molecular weight is 238 g/mol. The normalized spacial score (nSPS) is 9.78. The van der Waals surface area contributed by atoms with Gasteiger partial charge in [-0.05, 0) is 36.2 Å². The minimum atomic E-state index is 0.406. The molecule has 0 fully saturated rings. The molecule has 3 nitrogen and oxygen atoms in total. The number of nitrogens with two attached hydrogens (primary N) is 1. The van der Waals surface area contributed by atoms with E-state index in [2.05, 4.69) is 6.07 Å². The molecule has 2 aromatic carbocycles. The number of rotatable bonds is 3. The number of anilines is 1. The first-order chi connectivity index (χ1) is 8.70. The summed E-state index contributed by atoms with van der Waals surface area (Å²) in [5.74, 6) is 0.678. The molecular weight excluding hydrogens is 224 g/mol. The van der Waals surface area contributed by atoms with Gasteiger partial charge in [-0.25, -0.2) is 0 Å². The van der Waals surface area contributed by atoms with E-state index in [0.29, 0.717) is 23.6 Å². The van der Waals surface area contributed by atoms with Crippen molar-refractivity contribution >= 4 is 5.69 Å². The fourth-order valence-corrected chi connectivity index (χ4v) is 1.67. The van der Waals surface area contributed by atoms with E-state index in [1.165, 1.54) is 0 Å². The Bertz CT molecular complexity index is 600. The van der Waals surface area contributed by atoms with Crippen LogP contribution in [0.15, 0.2) is 42.5 Å². The molecule has 18 heavy (non-hydrogen) atoms. The summed E-state index contributed by atoms with van der Waals surface area (Å²) < 4.78 is 5.67. The first-order valence-corrected chi connectivity index (χ1v) is 5.67. The summed E-state index contributed by atoms with van der Waals surface area (Å²) >= 11 is 0. The van der Waals surface area contributed by atoms with Crippen LogP contribution in [0.2, 0.25) is 0 Å². The number of hydrogen-bond acceptors (Lipinski definition) is 3. The Balaban J connectivity index is 2.12. The van der Waals surface area contributed by atoms with Crippen molar-refractivity contribution in [2.75, 3.05) is 5.73 Å². The van der Waals surface area contributed by atoms with Crippen LogP contribution in [0.4, 0.5) is 5.69 Å². The molecule has 0 radical (unpaired) electrons. The molecule has 2 N–H and O–H groups in total. The smallest absolute Gasteiger partial charge is 0.142 e. The van der Waals surface area contributed by atoms with E-state index in [-0.39, 0.29) is 0 Å². The molecule has 0 atom stereocenters. The van der Waals surface area contributed by atoms with Gasteiger partial charge in [0.05, 0.1) is 17.3 Å². The van der Waals surface area contributed by atoms with Crippen LogP contribution < -0.4 is 10.5 Å². The van der Waals surface area contributed by atoms with Gasteiger partial charge in [0.15, 0.2) is 0 Å². The summed E-state index contributed by atoms with van der Waals surface area (Å²) in [6, 6.07) is 15.1. The van der Waals surface area contributed by atoms with Gasteiger partial charge < -0.3 is 10.5 Å². The lowest BCUT2D eigenvalue weighted by Gasteiger charge is -2.10. The van der Waals surface area contributed by atoms with Crippen LogP contribution in [0.25, 0.3) is 0 Å². The van der Waals surface area contributed by atoms with Crippen molar-refractivity contribution < 1.29 is 4.74 Å². The number of nitrogens with zero attached hydrogens (tertiary/aromatic N) is 1. The van der Waals surface area contributed by atoms with Crippen molar-refractivity contribution in [2.24, 2.45) is 0 Å². The zero-order chi connectivity index (χ0) is 13.0. The van der Waals surface area contributed by atoms with E-state index in [1.807, 2.05) is 43.3 Å². The zero-order valence-electron chi connectivity index (χ0n) is 10.2. The fraction of sp³-hybridized carbons (Fsp3) is 0.133. The first-order valence-electron chi connectivity index (χ1n) is 5.67. The molecule has 0 saturated heterocycles. The van der Waals surface area contributed by atoms with E-state index >= 15 is 0 Å². The van der Waals surface area contributed by atoms with Crippen LogP contribution in [0.5, 0.6) is 5.75 Å². The number of aryl methyl sites for hydroxylation is 1. The molecule has 90 valence electrons. The van der Waals surface area contributed by atoms with Crippen LogP contribution in [-0.2, 0) is 6.61 Å². The van der Waals surface area contributed by atoms with E-state index in [1.54, 1.807) is 6.07 Å². The highest BCUT2D eigenvalue weighted by Crippen LogP contribution is 2.25. The van der Waals surface area contributed by atoms with E-state index < -0.39 is 0 Å². The largest absolute Gasteiger partial charge is 0.487 e. The molecule has 2 rings (SSSR count). The molecular formula is C15H14N2O. The Hall–Kier alpha value is -2.47. The maximum Gasteiger partial charge on any atom is 0.142 e. The zero-order valence-corrected chi connectivity index (χ0v) is 10.2. The predicted octanol–water partition coefficient (Wildman–Crippen LogP) is 3.03. The number of nitrogen functional groups attached to an aromatic ring is 1. The van der Waals surface area contributed by atoms with Crippen molar-refractivity contribution in [3.8, 4) is 11.8 Å². The molecule has 0 aromatic heterocycles. The SMILES string of the molecule is Cc1cccc(OCc2cccc(C#N)c2)c1N. The van der Waals surface area contributed by atoms with Crippen molar-refractivity contribution in [3.63, 3.8) is 0 Å². The van der Waals surface area contributed by atoms with Crippen molar-refractivity contribution in [2.45, 2.75) is 13.5 Å². The number of para-hydroxylation sites is 1. The third-order valence-corrected chi connectivity index (χ3v) is 2.73. The molecule has 0 unspecified atom stereocenters. The average Bonchev–Trinajstić information content (AvgIpc) is 2.41. The Labute approximate surface area is 106 Å². The standard InChI is InChI=1S/C15H14N2O/c1-11-4-2-7-14(15(11)17)18-10-13-6-3-5-12(8-13)9-16/h2-8H,10,17H2,1H3. The molecule has 0 amide bonds. The third kappa shape index (κ3) is 2.61. The van der Waals surface area contributed by atoms with Crippen molar-refractivity contribution in [1.29, 1.82) is 5.26 Å². The van der Waals surface area contributed by atoms with E-state index in [0.717, 1.165) is 11.1 Å². The lowest BCUT2D eigenvalue weighted by molar-refractivity contribution is 0.308. The molecule has 0 aliphatic carbocycles. The summed E-state index contributed by atoms with van der Waals surface area (Å²) in [6.07, 6.45) is 0. The Morgan fingerprint density at radius 3 is 2.78 bits per heavy atom. The number of nitriles is 1. The molecule has 0 heterocycles. The highest BCUT2D eigenvalue weighted by molar-refractivity contribution is 5.57. The van der Waals surface area contributed by atoms with Crippen molar-refractivity contribution in [1.82, 2.24) is 0 Å². The maximum absolute atomic E-state index is 8.82. The Morgan fingerprint density at radius 1 is 1.22 bits per heavy atom. The second-order valence-corrected chi connectivity index (χ2v) is 4.09. The van der Waals surface area contributed by atoms with Gasteiger partial charge in [-0.2, -0.15) is 5.26 Å². The molecule has 0 saturated carbocycles. The summed E-state index contributed by atoms with van der Waals surface area (Å²) in [7, 11) is 0. The topological polar surface area (TPSA) is 59.0 Å². The van der Waals surface area contributed by atoms with E-state index in [9.17, 15) is 0 Å². The second kappa shape index (κ2) is 5.24. The highest BCUT2D eigenvalue weighted by Gasteiger charge is 2.03. The molecule has 2 aromatic rings. The van der Waals surface area contributed by atoms with Gasteiger partial charge in [-0.3, -0.25) is 0 Å². The lowest BCUT2D eigenvalue weighted by atomic mass is 10.1. The molecule has 0 aliphatic heterocycles. The van der Waals surface area contributed by atoms with E-state index in [4.69, 9.17) is 15.7 Å². The van der Waals surface area contributed by atoms with Gasteiger partial charge in [-0.1, -0.05) is 24.3 Å². The van der Waals surface area contributed by atoms with Gasteiger partial charge in [0.25, 0.3) is 0 Å². The number of benzene rings is 2.